The maximum absolute atomic E-state index is 12.1. The molecule has 126 valence electrons. The van der Waals surface area contributed by atoms with Gasteiger partial charge < -0.3 is 19.6 Å². The lowest BCUT2D eigenvalue weighted by Gasteiger charge is -2.36. The number of hydrogen-bond acceptors (Lipinski definition) is 4. The molecular weight excluding hydrogens is 320 g/mol. The standard InChI is InChI=1S/C16H21ClN2O4/c1-23-14-6-5-12(17)11-13(14)18-7-9-19(10-8-18)15(20)3-2-4-16(21)22/h5-6,11H,2-4,7-10H2,1H3,(H,21,22). The van der Waals surface area contributed by atoms with Crippen LogP contribution in [-0.2, 0) is 9.59 Å². The van der Waals surface area contributed by atoms with Gasteiger partial charge in [0.05, 0.1) is 12.8 Å². The number of anilines is 1. The molecule has 1 aliphatic heterocycles. The summed E-state index contributed by atoms with van der Waals surface area (Å²) in [6.45, 7) is 2.62. The average Bonchev–Trinajstić information content (AvgIpc) is 2.54. The van der Waals surface area contributed by atoms with E-state index >= 15 is 0 Å². The molecule has 6 nitrogen and oxygen atoms in total. The molecule has 1 heterocycles. The molecule has 1 N–H and O–H groups in total. The molecule has 0 aromatic heterocycles. The second-order valence-corrected chi connectivity index (χ2v) is 5.87. The van der Waals surface area contributed by atoms with Gasteiger partial charge in [-0.25, -0.2) is 0 Å². The van der Waals surface area contributed by atoms with Crippen LogP contribution < -0.4 is 9.64 Å². The highest BCUT2D eigenvalue weighted by molar-refractivity contribution is 6.30. The van der Waals surface area contributed by atoms with E-state index in [0.717, 1.165) is 11.4 Å². The van der Waals surface area contributed by atoms with E-state index in [9.17, 15) is 9.59 Å². The van der Waals surface area contributed by atoms with E-state index in [2.05, 4.69) is 4.90 Å². The molecule has 1 amide bonds. The Balaban J connectivity index is 1.90. The zero-order valence-corrected chi connectivity index (χ0v) is 13.9. The van der Waals surface area contributed by atoms with Crippen molar-refractivity contribution in [2.24, 2.45) is 0 Å². The lowest BCUT2D eigenvalue weighted by atomic mass is 10.2. The predicted octanol–water partition coefficient (Wildman–Crippen LogP) is 2.25. The van der Waals surface area contributed by atoms with Gasteiger partial charge in [0.1, 0.15) is 5.75 Å². The van der Waals surface area contributed by atoms with Gasteiger partial charge in [-0.2, -0.15) is 0 Å². The summed E-state index contributed by atoms with van der Waals surface area (Å²) in [4.78, 5) is 26.5. The van der Waals surface area contributed by atoms with Gasteiger partial charge in [-0.3, -0.25) is 9.59 Å². The quantitative estimate of drug-likeness (QED) is 0.860. The van der Waals surface area contributed by atoms with E-state index < -0.39 is 5.97 Å². The van der Waals surface area contributed by atoms with Crippen molar-refractivity contribution in [3.8, 4) is 5.75 Å². The largest absolute Gasteiger partial charge is 0.495 e. The number of benzene rings is 1. The Labute approximate surface area is 140 Å². The summed E-state index contributed by atoms with van der Waals surface area (Å²) in [6, 6.07) is 5.48. The highest BCUT2D eigenvalue weighted by atomic mass is 35.5. The predicted molar refractivity (Wildman–Crippen MR) is 88.3 cm³/mol. The van der Waals surface area contributed by atoms with Crippen molar-refractivity contribution in [3.05, 3.63) is 23.2 Å². The maximum atomic E-state index is 12.1. The van der Waals surface area contributed by atoms with Crippen LogP contribution >= 0.6 is 11.6 Å². The van der Waals surface area contributed by atoms with Gasteiger partial charge in [0.25, 0.3) is 0 Å². The van der Waals surface area contributed by atoms with Gasteiger partial charge in [-0.15, -0.1) is 0 Å². The number of methoxy groups -OCH3 is 1. The third-order valence-corrected chi connectivity index (χ3v) is 4.13. The Bertz CT molecular complexity index is 571. The van der Waals surface area contributed by atoms with E-state index in [1.807, 2.05) is 12.1 Å². The SMILES string of the molecule is COc1ccc(Cl)cc1N1CCN(C(=O)CCCC(=O)O)CC1. The molecule has 1 fully saturated rings. The second-order valence-electron chi connectivity index (χ2n) is 5.43. The minimum atomic E-state index is -0.865. The number of carbonyl (C=O) groups excluding carboxylic acids is 1. The van der Waals surface area contributed by atoms with Crippen LogP contribution in [0.25, 0.3) is 0 Å². The van der Waals surface area contributed by atoms with Crippen molar-refractivity contribution >= 4 is 29.2 Å². The molecule has 0 saturated carbocycles. The van der Waals surface area contributed by atoms with E-state index in [1.54, 1.807) is 18.1 Å². The lowest BCUT2D eigenvalue weighted by molar-refractivity contribution is -0.137. The number of piperazine rings is 1. The fourth-order valence-electron chi connectivity index (χ4n) is 2.66. The van der Waals surface area contributed by atoms with Crippen molar-refractivity contribution < 1.29 is 19.4 Å². The summed E-state index contributed by atoms with van der Waals surface area (Å²) >= 11 is 6.06. The van der Waals surface area contributed by atoms with Crippen molar-refractivity contribution in [1.82, 2.24) is 4.90 Å². The molecule has 0 atom stereocenters. The molecular formula is C16H21ClN2O4. The van der Waals surface area contributed by atoms with E-state index in [1.165, 1.54) is 0 Å². The Morgan fingerprint density at radius 1 is 1.22 bits per heavy atom. The van der Waals surface area contributed by atoms with Crippen LogP contribution in [0.4, 0.5) is 5.69 Å². The molecule has 1 aromatic carbocycles. The smallest absolute Gasteiger partial charge is 0.303 e. The maximum Gasteiger partial charge on any atom is 0.303 e. The van der Waals surface area contributed by atoms with Gasteiger partial charge >= 0.3 is 5.97 Å². The summed E-state index contributed by atoms with van der Waals surface area (Å²) < 4.78 is 5.37. The first-order valence-corrected chi connectivity index (χ1v) is 7.97. The van der Waals surface area contributed by atoms with E-state index in [4.69, 9.17) is 21.4 Å². The number of carboxylic acid groups (broad SMARTS) is 1. The van der Waals surface area contributed by atoms with Crippen LogP contribution in [0.3, 0.4) is 0 Å². The van der Waals surface area contributed by atoms with Crippen LogP contribution in [0.5, 0.6) is 5.75 Å². The number of nitrogens with zero attached hydrogens (tertiary/aromatic N) is 2. The fraction of sp³-hybridized carbons (Fsp3) is 0.500. The first kappa shape index (κ1) is 17.4. The number of hydrogen-bond donors (Lipinski definition) is 1. The molecule has 1 aromatic rings. The fourth-order valence-corrected chi connectivity index (χ4v) is 2.82. The highest BCUT2D eigenvalue weighted by Crippen LogP contribution is 2.31. The normalized spacial score (nSPS) is 14.7. The van der Waals surface area contributed by atoms with Gasteiger partial charge in [0.15, 0.2) is 0 Å². The summed E-state index contributed by atoms with van der Waals surface area (Å²) in [5, 5.41) is 9.26. The molecule has 0 radical (unpaired) electrons. The lowest BCUT2D eigenvalue weighted by Crippen LogP contribution is -2.48. The molecule has 0 aliphatic carbocycles. The van der Waals surface area contributed by atoms with Gasteiger partial charge in [-0.05, 0) is 24.6 Å². The van der Waals surface area contributed by atoms with Crippen LogP contribution in [0, 0.1) is 0 Å². The van der Waals surface area contributed by atoms with Crippen LogP contribution in [0.1, 0.15) is 19.3 Å². The van der Waals surface area contributed by atoms with Crippen LogP contribution in [0.2, 0.25) is 5.02 Å². The number of rotatable bonds is 6. The number of ether oxygens (including phenoxy) is 1. The zero-order valence-electron chi connectivity index (χ0n) is 13.1. The highest BCUT2D eigenvalue weighted by Gasteiger charge is 2.23. The summed E-state index contributed by atoms with van der Waals surface area (Å²) in [7, 11) is 1.62. The second kappa shape index (κ2) is 8.06. The van der Waals surface area contributed by atoms with Crippen LogP contribution in [-0.4, -0.2) is 55.2 Å². The Morgan fingerprint density at radius 2 is 1.91 bits per heavy atom. The number of halogens is 1. The summed E-state index contributed by atoms with van der Waals surface area (Å²) in [5.41, 5.74) is 0.929. The first-order chi connectivity index (χ1) is 11.0. The first-order valence-electron chi connectivity index (χ1n) is 7.59. The summed E-state index contributed by atoms with van der Waals surface area (Å²) in [5.74, 6) is -0.0877. The molecule has 7 heteroatoms. The number of amides is 1. The monoisotopic (exact) mass is 340 g/mol. The Hall–Kier alpha value is -1.95. The topological polar surface area (TPSA) is 70.1 Å². The molecule has 0 spiro atoms. The van der Waals surface area contributed by atoms with Gasteiger partial charge in [0.2, 0.25) is 5.91 Å². The molecule has 0 bridgehead atoms. The Kier molecular flexibility index (Phi) is 6.10. The van der Waals surface area contributed by atoms with E-state index in [0.29, 0.717) is 37.6 Å². The van der Waals surface area contributed by atoms with Gasteiger partial charge in [0, 0.05) is 44.0 Å². The van der Waals surface area contributed by atoms with Gasteiger partial charge in [-0.1, -0.05) is 11.6 Å². The number of carbonyl (C=O) groups is 2. The third-order valence-electron chi connectivity index (χ3n) is 3.90. The summed E-state index contributed by atoms with van der Waals surface area (Å²) in [6.07, 6.45) is 0.703. The number of aliphatic carboxylic acids is 1. The molecule has 1 saturated heterocycles. The Morgan fingerprint density at radius 3 is 2.52 bits per heavy atom. The minimum Gasteiger partial charge on any atom is -0.495 e. The number of carboxylic acids is 1. The van der Waals surface area contributed by atoms with Crippen molar-refractivity contribution in [2.45, 2.75) is 19.3 Å². The molecule has 1 aliphatic rings. The minimum absolute atomic E-state index is 0.0176. The van der Waals surface area contributed by atoms with Crippen LogP contribution in [0.15, 0.2) is 18.2 Å². The van der Waals surface area contributed by atoms with Crippen molar-refractivity contribution in [3.63, 3.8) is 0 Å². The van der Waals surface area contributed by atoms with Crippen molar-refractivity contribution in [1.29, 1.82) is 0 Å². The molecule has 23 heavy (non-hydrogen) atoms. The van der Waals surface area contributed by atoms with E-state index in [-0.39, 0.29) is 18.7 Å². The molecule has 2 rings (SSSR count). The molecule has 0 unspecified atom stereocenters. The average molecular weight is 341 g/mol. The third kappa shape index (κ3) is 4.76. The zero-order chi connectivity index (χ0) is 16.8. The van der Waals surface area contributed by atoms with Crippen molar-refractivity contribution in [2.75, 3.05) is 38.2 Å².